The summed E-state index contributed by atoms with van der Waals surface area (Å²) in [6.07, 6.45) is 0. The summed E-state index contributed by atoms with van der Waals surface area (Å²) >= 11 is 0. The predicted molar refractivity (Wildman–Crippen MR) is 125 cm³/mol. The van der Waals surface area contributed by atoms with Crippen LogP contribution in [-0.2, 0) is 4.79 Å². The maximum absolute atomic E-state index is 12.9. The summed E-state index contributed by atoms with van der Waals surface area (Å²) in [5.74, 6) is -0.345. The van der Waals surface area contributed by atoms with Crippen molar-refractivity contribution < 1.29 is 14.4 Å². The van der Waals surface area contributed by atoms with E-state index >= 15 is 0 Å². The molecule has 0 bridgehead atoms. The molecule has 0 aliphatic carbocycles. The molecule has 2 aromatic rings. The summed E-state index contributed by atoms with van der Waals surface area (Å²) < 4.78 is 0. The largest absolute Gasteiger partial charge is 0.353 e. The minimum absolute atomic E-state index is 0.0787. The minimum atomic E-state index is -0.830. The number of hydrogen-bond donors (Lipinski definition) is 4. The maximum atomic E-state index is 12.9. The lowest BCUT2D eigenvalue weighted by atomic mass is 10.1. The van der Waals surface area contributed by atoms with Crippen LogP contribution in [0.25, 0.3) is 0 Å². The minimum Gasteiger partial charge on any atom is -0.353 e. The van der Waals surface area contributed by atoms with Gasteiger partial charge < -0.3 is 31.5 Å². The van der Waals surface area contributed by atoms with Gasteiger partial charge >= 0.3 is 12.1 Å². The molecule has 3 rings (SSSR count). The van der Waals surface area contributed by atoms with Gasteiger partial charge in [-0.15, -0.1) is 0 Å². The van der Waals surface area contributed by atoms with E-state index in [1.807, 2.05) is 62.4 Å². The Morgan fingerprint density at radius 1 is 0.938 bits per heavy atom. The number of benzene rings is 2. The molecular weight excluding hydrogens is 408 g/mol. The lowest BCUT2D eigenvalue weighted by Crippen LogP contribution is -2.63. The fraction of sp³-hybridized carbons (Fsp3) is 0.348. The number of urea groups is 2. The molecule has 1 heterocycles. The average molecular weight is 439 g/mol. The first-order valence-corrected chi connectivity index (χ1v) is 10.6. The van der Waals surface area contributed by atoms with Gasteiger partial charge in [0.2, 0.25) is 5.91 Å². The first-order valence-electron chi connectivity index (χ1n) is 10.6. The van der Waals surface area contributed by atoms with E-state index < -0.39 is 6.04 Å². The second-order valence-electron chi connectivity index (χ2n) is 7.83. The lowest BCUT2D eigenvalue weighted by molar-refractivity contribution is -0.126. The molecule has 0 radical (unpaired) electrons. The van der Waals surface area contributed by atoms with E-state index in [0.717, 1.165) is 11.1 Å². The van der Waals surface area contributed by atoms with E-state index in [2.05, 4.69) is 16.0 Å². The number of amides is 5. The Morgan fingerprint density at radius 2 is 1.66 bits per heavy atom. The van der Waals surface area contributed by atoms with Crippen molar-refractivity contribution in [3.05, 3.63) is 59.7 Å². The van der Waals surface area contributed by atoms with Gasteiger partial charge in [0, 0.05) is 37.6 Å². The van der Waals surface area contributed by atoms with E-state index in [9.17, 15) is 14.4 Å². The highest BCUT2D eigenvalue weighted by Gasteiger charge is 2.37. The molecule has 5 amide bonds. The number of rotatable bonds is 5. The van der Waals surface area contributed by atoms with Crippen LogP contribution in [0.5, 0.6) is 0 Å². The molecule has 1 unspecified atom stereocenters. The van der Waals surface area contributed by atoms with Crippen LogP contribution in [0.3, 0.4) is 0 Å². The van der Waals surface area contributed by atoms with Gasteiger partial charge in [0.15, 0.2) is 0 Å². The summed E-state index contributed by atoms with van der Waals surface area (Å²) in [4.78, 5) is 41.5. The number of anilines is 2. The van der Waals surface area contributed by atoms with Crippen molar-refractivity contribution in [1.29, 1.82) is 0 Å². The van der Waals surface area contributed by atoms with Crippen LogP contribution < -0.4 is 21.7 Å². The molecule has 9 nitrogen and oxygen atoms in total. The molecule has 1 saturated heterocycles. The van der Waals surface area contributed by atoms with Crippen molar-refractivity contribution in [1.82, 2.24) is 15.1 Å². The fourth-order valence-electron chi connectivity index (χ4n) is 3.51. The highest BCUT2D eigenvalue weighted by atomic mass is 16.2. The quantitative estimate of drug-likeness (QED) is 0.572. The predicted octanol–water partition coefficient (Wildman–Crippen LogP) is 2.13. The number of nitrogens with one attached hydrogen (secondary N) is 3. The Labute approximate surface area is 187 Å². The SMILES string of the molecule is Cc1ccc(NC(=O)N2CCN(C(=O)Nc3cccc(C)c3)CC2C(=O)NCCN)cc1. The molecule has 1 aliphatic rings. The van der Waals surface area contributed by atoms with Gasteiger partial charge in [-0.2, -0.15) is 0 Å². The number of nitrogens with two attached hydrogens (primary N) is 1. The second-order valence-corrected chi connectivity index (χ2v) is 7.83. The van der Waals surface area contributed by atoms with Gasteiger partial charge in [0.05, 0.1) is 6.54 Å². The van der Waals surface area contributed by atoms with Crippen LogP contribution in [0.1, 0.15) is 11.1 Å². The highest BCUT2D eigenvalue weighted by Crippen LogP contribution is 2.17. The van der Waals surface area contributed by atoms with Crippen LogP contribution in [-0.4, -0.2) is 66.5 Å². The average Bonchev–Trinajstić information content (AvgIpc) is 2.78. The van der Waals surface area contributed by atoms with Gasteiger partial charge in [-0.05, 0) is 43.7 Å². The first-order chi connectivity index (χ1) is 15.4. The van der Waals surface area contributed by atoms with E-state index in [-0.39, 0.29) is 44.1 Å². The smallest absolute Gasteiger partial charge is 0.322 e. The van der Waals surface area contributed by atoms with E-state index in [1.54, 1.807) is 4.90 Å². The van der Waals surface area contributed by atoms with Crippen LogP contribution in [0.15, 0.2) is 48.5 Å². The molecule has 1 aliphatic heterocycles. The van der Waals surface area contributed by atoms with E-state index in [4.69, 9.17) is 5.73 Å². The number of carbonyl (C=O) groups excluding carboxylic acids is 3. The van der Waals surface area contributed by atoms with Crippen LogP contribution >= 0.6 is 0 Å². The van der Waals surface area contributed by atoms with Crippen LogP contribution in [0.4, 0.5) is 21.0 Å². The summed E-state index contributed by atoms with van der Waals surface area (Å²) in [6.45, 7) is 5.09. The third-order valence-electron chi connectivity index (χ3n) is 5.25. The fourth-order valence-corrected chi connectivity index (χ4v) is 3.51. The van der Waals surface area contributed by atoms with Crippen molar-refractivity contribution in [2.45, 2.75) is 19.9 Å². The summed E-state index contributed by atoms with van der Waals surface area (Å²) in [7, 11) is 0. The number of carbonyl (C=O) groups is 3. The monoisotopic (exact) mass is 438 g/mol. The summed E-state index contributed by atoms with van der Waals surface area (Å²) in [5, 5.41) is 8.42. The summed E-state index contributed by atoms with van der Waals surface area (Å²) in [5.41, 5.74) is 8.93. The highest BCUT2D eigenvalue weighted by molar-refractivity contribution is 5.95. The maximum Gasteiger partial charge on any atom is 0.322 e. The lowest BCUT2D eigenvalue weighted by Gasteiger charge is -2.40. The topological polar surface area (TPSA) is 120 Å². The van der Waals surface area contributed by atoms with Crippen molar-refractivity contribution in [2.75, 3.05) is 43.4 Å². The van der Waals surface area contributed by atoms with Gasteiger partial charge in [0.25, 0.3) is 0 Å². The molecule has 1 atom stereocenters. The molecule has 170 valence electrons. The van der Waals surface area contributed by atoms with Crippen molar-refractivity contribution in [3.8, 4) is 0 Å². The molecule has 32 heavy (non-hydrogen) atoms. The van der Waals surface area contributed by atoms with Gasteiger partial charge in [0.1, 0.15) is 6.04 Å². The third-order valence-corrected chi connectivity index (χ3v) is 5.25. The zero-order chi connectivity index (χ0) is 23.1. The molecule has 9 heteroatoms. The van der Waals surface area contributed by atoms with Crippen LogP contribution in [0.2, 0.25) is 0 Å². The zero-order valence-electron chi connectivity index (χ0n) is 18.4. The Hall–Kier alpha value is -3.59. The Morgan fingerprint density at radius 3 is 2.34 bits per heavy atom. The number of piperazine rings is 1. The Kier molecular flexibility index (Phi) is 7.67. The number of hydrogen-bond acceptors (Lipinski definition) is 4. The molecule has 2 aromatic carbocycles. The first kappa shape index (κ1) is 23.1. The van der Waals surface area contributed by atoms with Crippen molar-refractivity contribution in [3.63, 3.8) is 0 Å². The molecule has 5 N–H and O–H groups in total. The molecule has 0 aromatic heterocycles. The second kappa shape index (κ2) is 10.6. The molecule has 0 spiro atoms. The van der Waals surface area contributed by atoms with E-state index in [1.165, 1.54) is 4.90 Å². The Balaban J connectivity index is 1.71. The van der Waals surface area contributed by atoms with E-state index in [0.29, 0.717) is 17.9 Å². The molecule has 0 saturated carbocycles. The van der Waals surface area contributed by atoms with Gasteiger partial charge in [-0.25, -0.2) is 9.59 Å². The van der Waals surface area contributed by atoms with Gasteiger partial charge in [-0.1, -0.05) is 29.8 Å². The van der Waals surface area contributed by atoms with Crippen molar-refractivity contribution >= 4 is 29.3 Å². The normalized spacial score (nSPS) is 15.8. The molecular formula is C23H30N6O3. The molecule has 1 fully saturated rings. The summed E-state index contributed by atoms with van der Waals surface area (Å²) in [6, 6.07) is 13.4. The van der Waals surface area contributed by atoms with Gasteiger partial charge in [-0.3, -0.25) is 4.79 Å². The zero-order valence-corrected chi connectivity index (χ0v) is 18.4. The number of nitrogens with zero attached hydrogens (tertiary/aromatic N) is 2. The Bertz CT molecular complexity index is 962. The third kappa shape index (κ3) is 5.98. The van der Waals surface area contributed by atoms with Crippen LogP contribution in [0, 0.1) is 13.8 Å². The standard InChI is InChI=1S/C23H30N6O3/c1-16-6-8-18(9-7-16)26-23(32)29-13-12-28(15-20(29)21(30)25-11-10-24)22(31)27-19-5-3-4-17(2)14-19/h3-9,14,20H,10-13,15,24H2,1-2H3,(H,25,30)(H,26,32)(H,27,31). The van der Waals surface area contributed by atoms with Crippen molar-refractivity contribution in [2.24, 2.45) is 5.73 Å². The number of aryl methyl sites for hydroxylation is 2.